The molecule has 0 bridgehead atoms. The summed E-state index contributed by atoms with van der Waals surface area (Å²) in [6.07, 6.45) is 2.78. The van der Waals surface area contributed by atoms with Gasteiger partial charge in [0.25, 0.3) is 0 Å². The van der Waals surface area contributed by atoms with Gasteiger partial charge in [-0.3, -0.25) is 0 Å². The first-order valence-corrected chi connectivity index (χ1v) is 6.83. The summed E-state index contributed by atoms with van der Waals surface area (Å²) in [6.45, 7) is 3.88. The average Bonchev–Trinajstić information content (AvgIpc) is 2.99. The van der Waals surface area contributed by atoms with Gasteiger partial charge in [0.15, 0.2) is 0 Å². The lowest BCUT2D eigenvalue weighted by Gasteiger charge is -2.27. The van der Waals surface area contributed by atoms with Gasteiger partial charge in [-0.05, 0) is 37.1 Å². The number of para-hydroxylation sites is 1. The van der Waals surface area contributed by atoms with E-state index < -0.39 is 0 Å². The van der Waals surface area contributed by atoms with Crippen molar-refractivity contribution in [2.45, 2.75) is 25.3 Å². The van der Waals surface area contributed by atoms with Gasteiger partial charge >= 0.3 is 0 Å². The van der Waals surface area contributed by atoms with E-state index in [4.69, 9.17) is 9.15 Å². The standard InChI is InChI=1S/C16H19NO2/c1-12(15-7-4-9-18-15)17-11-13-8-10-19-16-6-3-2-5-14(13)16/h2-7,9,12-13,17H,8,10-11H2,1H3/t12-,13?/m0/s1. The van der Waals surface area contributed by atoms with Crippen LogP contribution in [0.4, 0.5) is 0 Å². The van der Waals surface area contributed by atoms with Crippen LogP contribution in [0.2, 0.25) is 0 Å². The number of hydrogen-bond acceptors (Lipinski definition) is 3. The molecule has 1 aliphatic rings. The maximum atomic E-state index is 5.69. The fraction of sp³-hybridized carbons (Fsp3) is 0.375. The summed E-state index contributed by atoms with van der Waals surface area (Å²) in [5.74, 6) is 2.54. The fourth-order valence-corrected chi connectivity index (χ4v) is 2.59. The van der Waals surface area contributed by atoms with Crippen molar-refractivity contribution in [3.8, 4) is 5.75 Å². The molecule has 3 nitrogen and oxygen atoms in total. The monoisotopic (exact) mass is 257 g/mol. The molecule has 0 radical (unpaired) electrons. The van der Waals surface area contributed by atoms with E-state index in [1.807, 2.05) is 18.2 Å². The zero-order valence-electron chi connectivity index (χ0n) is 11.1. The first kappa shape index (κ1) is 12.3. The highest BCUT2D eigenvalue weighted by Gasteiger charge is 2.21. The van der Waals surface area contributed by atoms with Crippen LogP contribution in [-0.4, -0.2) is 13.2 Å². The molecule has 2 aromatic rings. The molecule has 2 atom stereocenters. The van der Waals surface area contributed by atoms with Crippen LogP contribution in [0.25, 0.3) is 0 Å². The number of ether oxygens (including phenoxy) is 1. The van der Waals surface area contributed by atoms with Crippen LogP contribution < -0.4 is 10.1 Å². The quantitative estimate of drug-likeness (QED) is 0.910. The van der Waals surface area contributed by atoms with Crippen LogP contribution >= 0.6 is 0 Å². The molecular weight excluding hydrogens is 238 g/mol. The zero-order valence-corrected chi connectivity index (χ0v) is 11.1. The number of furan rings is 1. The van der Waals surface area contributed by atoms with Gasteiger partial charge in [0, 0.05) is 12.5 Å². The smallest absolute Gasteiger partial charge is 0.122 e. The Morgan fingerprint density at radius 1 is 1.26 bits per heavy atom. The van der Waals surface area contributed by atoms with E-state index in [2.05, 4.69) is 30.4 Å². The third-order valence-electron chi connectivity index (χ3n) is 3.72. The maximum Gasteiger partial charge on any atom is 0.122 e. The van der Waals surface area contributed by atoms with E-state index in [1.165, 1.54) is 5.56 Å². The topological polar surface area (TPSA) is 34.4 Å². The molecule has 0 saturated heterocycles. The van der Waals surface area contributed by atoms with Crippen molar-refractivity contribution in [1.29, 1.82) is 0 Å². The van der Waals surface area contributed by atoms with Crippen LogP contribution in [-0.2, 0) is 0 Å². The van der Waals surface area contributed by atoms with Crippen LogP contribution in [0.1, 0.15) is 36.6 Å². The summed E-state index contributed by atoms with van der Waals surface area (Å²) in [4.78, 5) is 0. The van der Waals surface area contributed by atoms with Crippen molar-refractivity contribution >= 4 is 0 Å². The predicted molar refractivity (Wildman–Crippen MR) is 74.4 cm³/mol. The van der Waals surface area contributed by atoms with Gasteiger partial charge in [-0.15, -0.1) is 0 Å². The molecule has 19 heavy (non-hydrogen) atoms. The Bertz CT molecular complexity index is 521. The van der Waals surface area contributed by atoms with Crippen LogP contribution in [0, 0.1) is 0 Å². The number of rotatable bonds is 4. The van der Waals surface area contributed by atoms with Crippen LogP contribution in [0.15, 0.2) is 47.1 Å². The van der Waals surface area contributed by atoms with E-state index >= 15 is 0 Å². The Morgan fingerprint density at radius 2 is 2.16 bits per heavy atom. The van der Waals surface area contributed by atoms with Gasteiger partial charge < -0.3 is 14.5 Å². The normalized spacial score (nSPS) is 19.5. The predicted octanol–water partition coefficient (Wildman–Crippen LogP) is 3.50. The minimum absolute atomic E-state index is 0.241. The second kappa shape index (κ2) is 5.49. The summed E-state index contributed by atoms with van der Waals surface area (Å²) in [5, 5.41) is 3.55. The van der Waals surface area contributed by atoms with Gasteiger partial charge in [-0.25, -0.2) is 0 Å². The number of fused-ring (bicyclic) bond motifs is 1. The molecule has 0 spiro atoms. The lowest BCUT2D eigenvalue weighted by molar-refractivity contribution is 0.261. The second-order valence-electron chi connectivity index (χ2n) is 5.02. The molecule has 1 aromatic carbocycles. The Morgan fingerprint density at radius 3 is 3.00 bits per heavy atom. The molecule has 1 N–H and O–H groups in total. The number of hydrogen-bond donors (Lipinski definition) is 1. The third kappa shape index (κ3) is 2.66. The van der Waals surface area contributed by atoms with Crippen molar-refractivity contribution in [3.63, 3.8) is 0 Å². The number of benzene rings is 1. The summed E-state index contributed by atoms with van der Waals surface area (Å²) < 4.78 is 11.1. The summed E-state index contributed by atoms with van der Waals surface area (Å²) in [5.41, 5.74) is 1.31. The van der Waals surface area contributed by atoms with Gasteiger partial charge in [-0.1, -0.05) is 18.2 Å². The molecule has 0 saturated carbocycles. The molecule has 0 aliphatic carbocycles. The lowest BCUT2D eigenvalue weighted by Crippen LogP contribution is -2.27. The largest absolute Gasteiger partial charge is 0.493 e. The average molecular weight is 257 g/mol. The Kier molecular flexibility index (Phi) is 3.56. The molecule has 100 valence electrons. The van der Waals surface area contributed by atoms with Crippen molar-refractivity contribution in [1.82, 2.24) is 5.32 Å². The van der Waals surface area contributed by atoms with Crippen molar-refractivity contribution in [2.75, 3.05) is 13.2 Å². The summed E-state index contributed by atoms with van der Waals surface area (Å²) in [6, 6.07) is 12.5. The molecular formula is C16H19NO2. The molecule has 2 heterocycles. The highest BCUT2D eigenvalue weighted by molar-refractivity contribution is 5.37. The SMILES string of the molecule is C[C@H](NCC1CCOc2ccccc21)c1ccco1. The van der Waals surface area contributed by atoms with Crippen LogP contribution in [0.5, 0.6) is 5.75 Å². The minimum atomic E-state index is 0.241. The summed E-state index contributed by atoms with van der Waals surface area (Å²) >= 11 is 0. The van der Waals surface area contributed by atoms with E-state index in [1.54, 1.807) is 6.26 Å². The van der Waals surface area contributed by atoms with Crippen LogP contribution in [0.3, 0.4) is 0 Å². The lowest BCUT2D eigenvalue weighted by atomic mass is 9.93. The molecule has 1 aromatic heterocycles. The molecule has 3 heteroatoms. The first-order valence-electron chi connectivity index (χ1n) is 6.83. The third-order valence-corrected chi connectivity index (χ3v) is 3.72. The highest BCUT2D eigenvalue weighted by atomic mass is 16.5. The zero-order chi connectivity index (χ0) is 13.1. The molecule has 1 unspecified atom stereocenters. The van der Waals surface area contributed by atoms with Crippen molar-refractivity contribution in [3.05, 3.63) is 54.0 Å². The first-order chi connectivity index (χ1) is 9.34. The summed E-state index contributed by atoms with van der Waals surface area (Å²) in [7, 11) is 0. The molecule has 0 fully saturated rings. The van der Waals surface area contributed by atoms with E-state index in [0.29, 0.717) is 5.92 Å². The van der Waals surface area contributed by atoms with Gasteiger partial charge in [-0.2, -0.15) is 0 Å². The Labute approximate surface area is 113 Å². The van der Waals surface area contributed by atoms with E-state index in [9.17, 15) is 0 Å². The Balaban J connectivity index is 1.65. The van der Waals surface area contributed by atoms with Crippen molar-refractivity contribution in [2.24, 2.45) is 0 Å². The molecule has 3 rings (SSSR count). The highest BCUT2D eigenvalue weighted by Crippen LogP contribution is 2.33. The van der Waals surface area contributed by atoms with Gasteiger partial charge in [0.05, 0.1) is 18.9 Å². The molecule has 1 aliphatic heterocycles. The van der Waals surface area contributed by atoms with Crippen molar-refractivity contribution < 1.29 is 9.15 Å². The Hall–Kier alpha value is -1.74. The van der Waals surface area contributed by atoms with E-state index in [-0.39, 0.29) is 6.04 Å². The minimum Gasteiger partial charge on any atom is -0.493 e. The fourth-order valence-electron chi connectivity index (χ4n) is 2.59. The van der Waals surface area contributed by atoms with E-state index in [0.717, 1.165) is 31.1 Å². The van der Waals surface area contributed by atoms with Gasteiger partial charge in [0.2, 0.25) is 0 Å². The second-order valence-corrected chi connectivity index (χ2v) is 5.02. The number of nitrogens with one attached hydrogen (secondary N) is 1. The maximum absolute atomic E-state index is 5.69. The molecule has 0 amide bonds. The van der Waals surface area contributed by atoms with Gasteiger partial charge in [0.1, 0.15) is 11.5 Å².